The van der Waals surface area contributed by atoms with Gasteiger partial charge in [0.2, 0.25) is 5.89 Å². The van der Waals surface area contributed by atoms with Crippen LogP contribution in [-0.2, 0) is 22.0 Å². The number of anilines is 1. The Bertz CT molecular complexity index is 1880. The van der Waals surface area contributed by atoms with Crippen LogP contribution in [-0.4, -0.2) is 35.2 Å². The average molecular weight is 596 g/mol. The third kappa shape index (κ3) is 5.66. The van der Waals surface area contributed by atoms with E-state index >= 15 is 0 Å². The van der Waals surface area contributed by atoms with E-state index < -0.39 is 21.7 Å². The Morgan fingerprint density at radius 1 is 1.10 bits per heavy atom. The van der Waals surface area contributed by atoms with Gasteiger partial charge in [0.25, 0.3) is 10.1 Å². The molecule has 0 bridgehead atoms. The van der Waals surface area contributed by atoms with Gasteiger partial charge in [0.05, 0.1) is 5.75 Å². The summed E-state index contributed by atoms with van der Waals surface area (Å²) in [6.45, 7) is 4.96. The molecule has 0 radical (unpaired) electrons. The normalized spacial score (nSPS) is 17.9. The molecule has 11 heteroatoms. The maximum Gasteiger partial charge on any atom is 1.00 e. The molecule has 2 aromatic carbocycles. The number of hydrogen-bond acceptors (Lipinski definition) is 8. The van der Waals surface area contributed by atoms with Crippen molar-refractivity contribution in [1.29, 1.82) is 0 Å². The Morgan fingerprint density at radius 2 is 1.88 bits per heavy atom. The molecule has 0 aromatic heterocycles. The Balaban J connectivity index is 0.00000353. The molecule has 6 rings (SSSR count). The first-order valence-electron chi connectivity index (χ1n) is 13.7. The van der Waals surface area contributed by atoms with E-state index in [1.165, 1.54) is 10.9 Å². The second-order valence-corrected chi connectivity index (χ2v) is 12.8. The van der Waals surface area contributed by atoms with Crippen LogP contribution < -0.4 is 45.3 Å². The topological polar surface area (TPSA) is 137 Å². The molecule has 1 N–H and O–H groups in total. The molecule has 0 unspecified atom stereocenters. The van der Waals surface area contributed by atoms with Crippen molar-refractivity contribution in [3.05, 3.63) is 87.7 Å². The van der Waals surface area contributed by atoms with Crippen LogP contribution in [0.5, 0.6) is 5.88 Å². The summed E-state index contributed by atoms with van der Waals surface area (Å²) in [4.78, 5) is 21.2. The third-order valence-corrected chi connectivity index (χ3v) is 8.88. The van der Waals surface area contributed by atoms with E-state index in [0.717, 1.165) is 47.2 Å². The van der Waals surface area contributed by atoms with Gasteiger partial charge in [-0.3, -0.25) is 4.55 Å². The van der Waals surface area contributed by atoms with E-state index in [1.807, 2.05) is 18.2 Å². The van der Waals surface area contributed by atoms with Crippen molar-refractivity contribution in [1.82, 2.24) is 9.97 Å². The van der Waals surface area contributed by atoms with E-state index in [9.17, 15) is 22.9 Å². The average Bonchev–Trinajstić information content (AvgIpc) is 3.14. The molecule has 0 amide bonds. The van der Waals surface area contributed by atoms with Crippen LogP contribution in [0.25, 0.3) is 27.8 Å². The smallest absolute Gasteiger partial charge is 0.858 e. The minimum atomic E-state index is -4.02. The first kappa shape index (κ1) is 30.4. The molecular weight excluding hydrogens is 565 g/mol. The van der Waals surface area contributed by atoms with Crippen molar-refractivity contribution in [3.8, 4) is 17.3 Å². The molecule has 2 aromatic rings. The van der Waals surface area contributed by atoms with E-state index in [-0.39, 0.29) is 52.2 Å². The van der Waals surface area contributed by atoms with Crippen molar-refractivity contribution in [2.75, 3.05) is 17.2 Å². The quantitative estimate of drug-likeness (QED) is 0.201. The zero-order chi connectivity index (χ0) is 28.9. The van der Waals surface area contributed by atoms with Crippen LogP contribution >= 0.6 is 0 Å². The maximum atomic E-state index is 12.3. The Labute approximate surface area is 266 Å². The number of unbranched alkanes of at least 4 members (excludes halogenated alkanes) is 1. The van der Waals surface area contributed by atoms with E-state index in [4.69, 9.17) is 4.42 Å². The van der Waals surface area contributed by atoms with E-state index in [1.54, 1.807) is 6.07 Å². The fourth-order valence-electron chi connectivity index (χ4n) is 6.22. The number of fused-ring (bicyclic) bond motifs is 5. The van der Waals surface area contributed by atoms with Gasteiger partial charge in [-0.2, -0.15) is 13.4 Å². The van der Waals surface area contributed by atoms with Gasteiger partial charge in [-0.25, -0.2) is 9.78 Å². The Morgan fingerprint density at radius 3 is 2.67 bits per heavy atom. The number of nitrogens with zero attached hydrogens (tertiary/aromatic N) is 3. The zero-order valence-corrected chi connectivity index (χ0v) is 26.7. The van der Waals surface area contributed by atoms with Crippen LogP contribution in [0.4, 0.5) is 5.69 Å². The summed E-state index contributed by atoms with van der Waals surface area (Å²) in [7, 11) is -4.02. The first-order valence-corrected chi connectivity index (χ1v) is 15.3. The minimum Gasteiger partial charge on any atom is -0.858 e. The molecular formula is C31H30N3NaO6S. The molecule has 42 heavy (non-hydrogen) atoms. The van der Waals surface area contributed by atoms with Crippen LogP contribution in [0, 0.1) is 0 Å². The number of aromatic nitrogens is 2. The van der Waals surface area contributed by atoms with Crippen LogP contribution in [0.1, 0.15) is 56.4 Å². The summed E-state index contributed by atoms with van der Waals surface area (Å²) >= 11 is 0. The largest absolute Gasteiger partial charge is 1.00 e. The van der Waals surface area contributed by atoms with Gasteiger partial charge < -0.3 is 14.4 Å². The van der Waals surface area contributed by atoms with E-state index in [2.05, 4.69) is 59.1 Å². The standard InChI is InChI=1S/C31H31N3O6S.Na/c1-31(2)25(15-13-20-9-7-10-21-18-23-28(35)32-30(36)33-29(23)40-27(20)21)34(16-5-6-17-41(37,38)39)24-14-12-19-8-3-4-11-22(19)26(24)31;/h3-4,8,11-15,18H,5-7,9-10,16-17H2,1-2H3,(H,32,35,36)(H,37,38,39);/q;+1/p-1/b20-13+,25-15-;. The van der Waals surface area contributed by atoms with Gasteiger partial charge in [-0.05, 0) is 77.8 Å². The molecule has 0 fully saturated rings. The van der Waals surface area contributed by atoms with Gasteiger partial charge >= 0.3 is 35.2 Å². The predicted octanol–water partition coefficient (Wildman–Crippen LogP) is 1.83. The maximum absolute atomic E-state index is 12.3. The molecule has 212 valence electrons. The monoisotopic (exact) mass is 595 g/mol. The predicted molar refractivity (Wildman–Crippen MR) is 156 cm³/mol. The summed E-state index contributed by atoms with van der Waals surface area (Å²) in [5.41, 5.74) is 4.15. The molecule has 9 nitrogen and oxygen atoms in total. The number of hydrogen-bond donors (Lipinski definition) is 1. The van der Waals surface area contributed by atoms with Gasteiger partial charge in [0.15, 0.2) is 0 Å². The fraction of sp³-hybridized carbons (Fsp3) is 0.323. The summed E-state index contributed by atoms with van der Waals surface area (Å²) < 4.78 is 37.9. The first-order chi connectivity index (χ1) is 19.5. The molecule has 4 aliphatic rings. The number of allylic oxidation sites excluding steroid dienone is 4. The Hall–Kier alpha value is -3.02. The van der Waals surface area contributed by atoms with Crippen molar-refractivity contribution in [3.63, 3.8) is 0 Å². The molecule has 0 saturated heterocycles. The number of benzene rings is 2. The molecule has 3 aliphatic heterocycles. The second-order valence-electron chi connectivity index (χ2n) is 11.2. The zero-order valence-electron chi connectivity index (χ0n) is 23.9. The van der Waals surface area contributed by atoms with Crippen molar-refractivity contribution < 1.29 is 52.1 Å². The van der Waals surface area contributed by atoms with Crippen molar-refractivity contribution in [2.24, 2.45) is 0 Å². The molecule has 1 aliphatic carbocycles. The summed E-state index contributed by atoms with van der Waals surface area (Å²) in [5, 5.41) is 14.6. The number of rotatable bonds is 6. The molecule has 0 atom stereocenters. The van der Waals surface area contributed by atoms with Gasteiger partial charge in [-0.15, -0.1) is 0 Å². The van der Waals surface area contributed by atoms with Crippen molar-refractivity contribution >= 4 is 32.2 Å². The van der Waals surface area contributed by atoms with Gasteiger partial charge in [0, 0.05) is 34.8 Å². The Kier molecular flexibility index (Phi) is 8.39. The number of aryl methyl sites for hydroxylation is 1. The van der Waals surface area contributed by atoms with Crippen LogP contribution in [0.3, 0.4) is 0 Å². The SMILES string of the molecule is CC1(C)/C(=C/C=C2\CCCc3cc4c([O-])nc(=O)nc-4oc32)N(CCCCS(=O)(=O)O)c2ccc3ccccc3c21.[Na+]. The third-order valence-electron chi connectivity index (χ3n) is 8.08. The molecule has 3 heterocycles. The minimum absolute atomic E-state index is 0. The fourth-order valence-corrected chi connectivity index (χ4v) is 6.79. The van der Waals surface area contributed by atoms with E-state index in [0.29, 0.717) is 25.1 Å². The van der Waals surface area contributed by atoms with Crippen LogP contribution in [0.2, 0.25) is 0 Å². The summed E-state index contributed by atoms with van der Waals surface area (Å²) in [6, 6.07) is 14.2. The van der Waals surface area contributed by atoms with Gasteiger partial charge in [-0.1, -0.05) is 50.3 Å². The van der Waals surface area contributed by atoms with Gasteiger partial charge in [0.1, 0.15) is 5.76 Å². The summed E-state index contributed by atoms with van der Waals surface area (Å²) in [5.74, 6) is -0.289. The van der Waals surface area contributed by atoms with Crippen molar-refractivity contribution in [2.45, 2.75) is 51.4 Å². The second kappa shape index (κ2) is 11.6. The molecule has 0 spiro atoms. The molecule has 0 saturated carbocycles. The summed E-state index contributed by atoms with van der Waals surface area (Å²) in [6.07, 6.45) is 7.44. The van der Waals surface area contributed by atoms with Crippen LogP contribution in [0.15, 0.2) is 69.5 Å².